The Morgan fingerprint density at radius 1 is 1.17 bits per heavy atom. The van der Waals surface area contributed by atoms with Crippen LogP contribution >= 0.6 is 0 Å². The number of rotatable bonds is 6. The Kier molecular flexibility index (Phi) is 5.67. The molecule has 0 aliphatic rings. The first-order valence-electron chi connectivity index (χ1n) is 8.00. The van der Waals surface area contributed by atoms with Crippen molar-refractivity contribution in [1.82, 2.24) is 10.2 Å². The standard InChI is InChI=1S/C19H26N2O3/c1-12-13(2)24-14(3)18(12)19(22)20-11-17(21(4)5)15-7-9-16(23-6)10-8-15/h7-10,17H,11H2,1-6H3,(H,20,22). The fraction of sp³-hybridized carbons (Fsp3) is 0.421. The number of likely N-dealkylation sites (N-methyl/N-ethyl adjacent to an activating group) is 1. The van der Waals surface area contributed by atoms with E-state index in [-0.39, 0.29) is 11.9 Å². The molecule has 24 heavy (non-hydrogen) atoms. The molecule has 130 valence electrons. The summed E-state index contributed by atoms with van der Waals surface area (Å²) in [4.78, 5) is 14.6. The SMILES string of the molecule is COc1ccc(C(CNC(=O)c2c(C)oc(C)c2C)N(C)C)cc1. The zero-order valence-corrected chi connectivity index (χ0v) is 15.3. The summed E-state index contributed by atoms with van der Waals surface area (Å²) in [6.07, 6.45) is 0. The number of nitrogens with one attached hydrogen (secondary N) is 1. The molecule has 5 nitrogen and oxygen atoms in total. The van der Waals surface area contributed by atoms with Crippen LogP contribution in [0.4, 0.5) is 0 Å². The highest BCUT2D eigenvalue weighted by Crippen LogP contribution is 2.23. The van der Waals surface area contributed by atoms with Crippen LogP contribution in [0.3, 0.4) is 0 Å². The van der Waals surface area contributed by atoms with Crippen molar-refractivity contribution in [3.05, 3.63) is 52.5 Å². The normalized spacial score (nSPS) is 12.3. The van der Waals surface area contributed by atoms with Crippen LogP contribution in [0.1, 0.15) is 39.0 Å². The number of methoxy groups -OCH3 is 1. The molecule has 0 aliphatic carbocycles. The van der Waals surface area contributed by atoms with E-state index < -0.39 is 0 Å². The van der Waals surface area contributed by atoms with Gasteiger partial charge in [0.25, 0.3) is 5.91 Å². The Morgan fingerprint density at radius 3 is 2.25 bits per heavy atom. The maximum absolute atomic E-state index is 12.5. The quantitative estimate of drug-likeness (QED) is 0.883. The molecule has 0 fully saturated rings. The third kappa shape index (κ3) is 3.79. The van der Waals surface area contributed by atoms with Crippen molar-refractivity contribution in [1.29, 1.82) is 0 Å². The second kappa shape index (κ2) is 7.53. The Labute approximate surface area is 143 Å². The Bertz CT molecular complexity index is 702. The molecule has 1 aromatic heterocycles. The summed E-state index contributed by atoms with van der Waals surface area (Å²) in [5.74, 6) is 2.17. The van der Waals surface area contributed by atoms with Crippen LogP contribution in [0.25, 0.3) is 0 Å². The number of carbonyl (C=O) groups excluding carboxylic acids is 1. The number of ether oxygens (including phenoxy) is 1. The average Bonchev–Trinajstić information content (AvgIpc) is 2.80. The molecule has 1 aromatic carbocycles. The molecule has 1 N–H and O–H groups in total. The number of benzene rings is 1. The van der Waals surface area contributed by atoms with Gasteiger partial charge >= 0.3 is 0 Å². The Hall–Kier alpha value is -2.27. The molecule has 1 atom stereocenters. The van der Waals surface area contributed by atoms with Gasteiger partial charge in [-0.25, -0.2) is 0 Å². The van der Waals surface area contributed by atoms with E-state index in [0.717, 1.165) is 22.6 Å². The van der Waals surface area contributed by atoms with Crippen LogP contribution in [0.15, 0.2) is 28.7 Å². The number of hydrogen-bond donors (Lipinski definition) is 1. The largest absolute Gasteiger partial charge is 0.497 e. The second-order valence-electron chi connectivity index (χ2n) is 6.18. The van der Waals surface area contributed by atoms with Crippen LogP contribution in [-0.2, 0) is 0 Å². The van der Waals surface area contributed by atoms with E-state index in [4.69, 9.17) is 9.15 Å². The third-order valence-corrected chi connectivity index (χ3v) is 4.37. The van der Waals surface area contributed by atoms with E-state index in [1.165, 1.54) is 0 Å². The summed E-state index contributed by atoms with van der Waals surface area (Å²) in [6, 6.07) is 7.99. The molecule has 1 amide bonds. The molecule has 5 heteroatoms. The van der Waals surface area contributed by atoms with E-state index in [1.807, 2.05) is 59.1 Å². The highest BCUT2D eigenvalue weighted by atomic mass is 16.5. The summed E-state index contributed by atoms with van der Waals surface area (Å²) in [6.45, 7) is 6.12. The number of furan rings is 1. The maximum atomic E-state index is 12.5. The molecule has 0 saturated heterocycles. The molecule has 2 aromatic rings. The van der Waals surface area contributed by atoms with Crippen molar-refractivity contribution in [3.8, 4) is 5.75 Å². The molecule has 1 heterocycles. The van der Waals surface area contributed by atoms with Crippen molar-refractivity contribution in [2.75, 3.05) is 27.7 Å². The van der Waals surface area contributed by atoms with Crippen molar-refractivity contribution in [2.24, 2.45) is 0 Å². The van der Waals surface area contributed by atoms with E-state index in [1.54, 1.807) is 7.11 Å². The van der Waals surface area contributed by atoms with Gasteiger partial charge in [0.05, 0.1) is 18.7 Å². The summed E-state index contributed by atoms with van der Waals surface area (Å²) in [5.41, 5.74) is 2.66. The van der Waals surface area contributed by atoms with Crippen molar-refractivity contribution < 1.29 is 13.9 Å². The molecule has 0 radical (unpaired) electrons. The van der Waals surface area contributed by atoms with Crippen LogP contribution in [-0.4, -0.2) is 38.6 Å². The van der Waals surface area contributed by atoms with Crippen LogP contribution in [0, 0.1) is 20.8 Å². The van der Waals surface area contributed by atoms with E-state index >= 15 is 0 Å². The van der Waals surface area contributed by atoms with Gasteiger partial charge in [-0.15, -0.1) is 0 Å². The predicted octanol–water partition coefficient (Wildman–Crippen LogP) is 3.25. The number of hydrogen-bond acceptors (Lipinski definition) is 4. The van der Waals surface area contributed by atoms with Gasteiger partial charge in [0, 0.05) is 12.1 Å². The Morgan fingerprint density at radius 2 is 1.79 bits per heavy atom. The fourth-order valence-corrected chi connectivity index (χ4v) is 2.83. The first-order chi connectivity index (χ1) is 11.3. The molecule has 0 saturated carbocycles. The van der Waals surface area contributed by atoms with Gasteiger partial charge in [0.15, 0.2) is 0 Å². The zero-order valence-electron chi connectivity index (χ0n) is 15.3. The van der Waals surface area contributed by atoms with Gasteiger partial charge in [-0.3, -0.25) is 4.79 Å². The first kappa shape index (κ1) is 18.1. The summed E-state index contributed by atoms with van der Waals surface area (Å²) in [5, 5.41) is 3.03. The second-order valence-corrected chi connectivity index (χ2v) is 6.18. The molecular formula is C19H26N2O3. The first-order valence-corrected chi connectivity index (χ1v) is 8.00. The number of carbonyl (C=O) groups is 1. The lowest BCUT2D eigenvalue weighted by molar-refractivity contribution is 0.0940. The number of nitrogens with zero attached hydrogens (tertiary/aromatic N) is 1. The lowest BCUT2D eigenvalue weighted by atomic mass is 10.0. The fourth-order valence-electron chi connectivity index (χ4n) is 2.83. The van der Waals surface area contributed by atoms with Gasteiger partial charge in [-0.2, -0.15) is 0 Å². The smallest absolute Gasteiger partial charge is 0.255 e. The van der Waals surface area contributed by atoms with Crippen molar-refractivity contribution in [2.45, 2.75) is 26.8 Å². The van der Waals surface area contributed by atoms with Gasteiger partial charge in [-0.05, 0) is 52.6 Å². The number of amides is 1. The molecule has 0 aliphatic heterocycles. The minimum absolute atomic E-state index is 0.0773. The van der Waals surface area contributed by atoms with E-state index in [9.17, 15) is 4.79 Å². The molecule has 1 unspecified atom stereocenters. The predicted molar refractivity (Wildman–Crippen MR) is 94.7 cm³/mol. The highest BCUT2D eigenvalue weighted by Gasteiger charge is 2.21. The number of aryl methyl sites for hydroxylation is 2. The molecular weight excluding hydrogens is 304 g/mol. The van der Waals surface area contributed by atoms with Crippen molar-refractivity contribution in [3.63, 3.8) is 0 Å². The molecule has 0 spiro atoms. The topological polar surface area (TPSA) is 54.7 Å². The molecule has 2 rings (SSSR count). The summed E-state index contributed by atoms with van der Waals surface area (Å²) < 4.78 is 10.7. The lowest BCUT2D eigenvalue weighted by Crippen LogP contribution is -2.34. The Balaban J connectivity index is 2.12. The van der Waals surface area contributed by atoms with Gasteiger partial charge in [0.2, 0.25) is 0 Å². The summed E-state index contributed by atoms with van der Waals surface area (Å²) in [7, 11) is 5.65. The highest BCUT2D eigenvalue weighted by molar-refractivity contribution is 5.96. The van der Waals surface area contributed by atoms with Crippen molar-refractivity contribution >= 4 is 5.91 Å². The monoisotopic (exact) mass is 330 g/mol. The molecule has 0 bridgehead atoms. The summed E-state index contributed by atoms with van der Waals surface area (Å²) >= 11 is 0. The van der Waals surface area contributed by atoms with Gasteiger partial charge in [0.1, 0.15) is 17.3 Å². The maximum Gasteiger partial charge on any atom is 0.255 e. The minimum Gasteiger partial charge on any atom is -0.497 e. The van der Waals surface area contributed by atoms with Gasteiger partial charge in [-0.1, -0.05) is 12.1 Å². The lowest BCUT2D eigenvalue weighted by Gasteiger charge is -2.25. The van der Waals surface area contributed by atoms with E-state index in [2.05, 4.69) is 10.2 Å². The minimum atomic E-state index is -0.0952. The van der Waals surface area contributed by atoms with E-state index in [0.29, 0.717) is 17.9 Å². The van der Waals surface area contributed by atoms with Crippen LogP contribution in [0.2, 0.25) is 0 Å². The van der Waals surface area contributed by atoms with Crippen LogP contribution < -0.4 is 10.1 Å². The average molecular weight is 330 g/mol. The zero-order chi connectivity index (χ0) is 17.9. The van der Waals surface area contributed by atoms with Gasteiger partial charge < -0.3 is 19.4 Å². The van der Waals surface area contributed by atoms with Crippen LogP contribution in [0.5, 0.6) is 5.75 Å². The third-order valence-electron chi connectivity index (χ3n) is 4.37.